The van der Waals surface area contributed by atoms with Crippen molar-refractivity contribution < 1.29 is 41.9 Å². The maximum absolute atomic E-state index is 14.4. The van der Waals surface area contributed by atoms with Gasteiger partial charge in [0.25, 0.3) is 5.91 Å². The van der Waals surface area contributed by atoms with E-state index in [-0.39, 0.29) is 25.8 Å². The van der Waals surface area contributed by atoms with E-state index < -0.39 is 80.4 Å². The Hall–Kier alpha value is -4.34. The van der Waals surface area contributed by atoms with Gasteiger partial charge in [0.2, 0.25) is 21.8 Å². The van der Waals surface area contributed by atoms with Crippen LogP contribution in [0.3, 0.4) is 0 Å². The van der Waals surface area contributed by atoms with E-state index in [1.165, 1.54) is 10.5 Å². The topological polar surface area (TPSA) is 184 Å². The Morgan fingerprint density at radius 2 is 1.81 bits per heavy atom. The summed E-state index contributed by atoms with van der Waals surface area (Å²) < 4.78 is 39.3. The molecule has 3 N–H and O–H groups in total. The smallest absolute Gasteiger partial charge is 0.410 e. The van der Waals surface area contributed by atoms with Crippen LogP contribution in [0.4, 0.5) is 15.3 Å². The van der Waals surface area contributed by atoms with Crippen LogP contribution < -0.4 is 20.3 Å². The molecule has 5 atom stereocenters. The predicted molar refractivity (Wildman–Crippen MR) is 200 cm³/mol. The summed E-state index contributed by atoms with van der Waals surface area (Å²) in [7, 11) is 0.0471. The number of amides is 5. The Morgan fingerprint density at radius 1 is 1.06 bits per heavy atom. The average molecular weight is 771 g/mol. The minimum atomic E-state index is -3.90. The first-order chi connectivity index (χ1) is 25.5. The average Bonchev–Trinajstić information content (AvgIpc) is 4.02. The van der Waals surface area contributed by atoms with Gasteiger partial charge < -0.3 is 34.8 Å². The monoisotopic (exact) mass is 770 g/mol. The molecule has 1 aromatic rings. The molecule has 2 saturated carbocycles. The number of sulfonamides is 1. The molecule has 0 radical (unpaired) electrons. The maximum atomic E-state index is 14.4. The van der Waals surface area contributed by atoms with Gasteiger partial charge >= 0.3 is 12.2 Å². The molecular weight excluding hydrogens is 717 g/mol. The Bertz CT molecular complexity index is 1790. The molecule has 0 aromatic heterocycles. The summed E-state index contributed by atoms with van der Waals surface area (Å²) in [5, 5.41) is 4.90. The molecule has 296 valence electrons. The summed E-state index contributed by atoms with van der Waals surface area (Å²) in [5.74, 6) is -2.48. The van der Waals surface area contributed by atoms with Crippen molar-refractivity contribution in [2.45, 2.75) is 126 Å². The third kappa shape index (κ3) is 8.95. The van der Waals surface area contributed by atoms with Crippen molar-refractivity contribution >= 4 is 45.6 Å². The first-order valence-corrected chi connectivity index (χ1v) is 20.6. The van der Waals surface area contributed by atoms with E-state index in [9.17, 15) is 32.4 Å². The quantitative estimate of drug-likeness (QED) is 0.364. The third-order valence-corrected chi connectivity index (χ3v) is 12.6. The Kier molecular flexibility index (Phi) is 11.2. The maximum Gasteiger partial charge on any atom is 0.410 e. The van der Waals surface area contributed by atoms with Crippen molar-refractivity contribution in [3.63, 3.8) is 0 Å². The van der Waals surface area contributed by atoms with Gasteiger partial charge in [-0.1, -0.05) is 37.1 Å². The molecule has 54 heavy (non-hydrogen) atoms. The SMILES string of the molecule is CN(C)c1cccc2c1CCN(C(=O)O[C@@H]1C[C@H]3C(=O)N[C@]4(C(=O)NS(=O)(=O)C5CC5)C[C@H]4C=CCCCCC[C@@H](NC(=O)OC(C)(C)C)C(=O)N3C1)C2. The molecule has 3 heterocycles. The van der Waals surface area contributed by atoms with E-state index in [1.807, 2.05) is 49.3 Å². The van der Waals surface area contributed by atoms with Gasteiger partial charge in [-0.25, -0.2) is 18.0 Å². The number of nitrogens with one attached hydrogen (secondary N) is 3. The Balaban J connectivity index is 1.24. The second-order valence-electron chi connectivity index (χ2n) is 16.4. The number of allylic oxidation sites excluding steroid dienone is 1. The normalized spacial score (nSPS) is 27.6. The Labute approximate surface area is 317 Å². The number of carbonyl (C=O) groups is 5. The fourth-order valence-electron chi connectivity index (χ4n) is 7.68. The van der Waals surface area contributed by atoms with E-state index in [1.54, 1.807) is 25.7 Å². The van der Waals surface area contributed by atoms with Crippen molar-refractivity contribution in [3.05, 3.63) is 41.5 Å². The van der Waals surface area contributed by atoms with Crippen LogP contribution >= 0.6 is 0 Å². The number of anilines is 1. The van der Waals surface area contributed by atoms with Crippen LogP contribution in [0.2, 0.25) is 0 Å². The molecule has 1 saturated heterocycles. The highest BCUT2D eigenvalue weighted by Gasteiger charge is 2.62. The zero-order valence-electron chi connectivity index (χ0n) is 31.9. The van der Waals surface area contributed by atoms with Gasteiger partial charge in [-0.05, 0) is 82.9 Å². The number of rotatable bonds is 6. The van der Waals surface area contributed by atoms with Crippen LogP contribution in [-0.2, 0) is 46.8 Å². The van der Waals surface area contributed by atoms with Crippen molar-refractivity contribution in [1.29, 1.82) is 0 Å². The van der Waals surface area contributed by atoms with Crippen LogP contribution in [0.25, 0.3) is 0 Å². The third-order valence-electron chi connectivity index (χ3n) is 10.8. The van der Waals surface area contributed by atoms with Gasteiger partial charge in [0.1, 0.15) is 29.3 Å². The highest BCUT2D eigenvalue weighted by atomic mass is 32.2. The molecule has 3 aliphatic heterocycles. The van der Waals surface area contributed by atoms with Gasteiger partial charge in [0.15, 0.2) is 0 Å². The number of hydrogen-bond acceptors (Lipinski definition) is 10. The van der Waals surface area contributed by atoms with Crippen molar-refractivity contribution in [3.8, 4) is 0 Å². The summed E-state index contributed by atoms with van der Waals surface area (Å²) in [6, 6.07) is 3.76. The van der Waals surface area contributed by atoms with Crippen molar-refractivity contribution in [2.75, 3.05) is 32.1 Å². The highest BCUT2D eigenvalue weighted by Crippen LogP contribution is 2.46. The van der Waals surface area contributed by atoms with E-state index >= 15 is 0 Å². The van der Waals surface area contributed by atoms with Crippen LogP contribution in [0, 0.1) is 5.92 Å². The standard InChI is InChI=1S/C38H54N6O9S/c1-37(2,3)53-35(48)39-29-14-10-8-6-7-9-13-25-21-38(25,34(47)41-54(50,51)27-16-17-27)40-32(45)31-20-26(23-44(31)33(29)46)52-36(49)43-19-18-28-24(22-43)12-11-15-30(28)42(4)5/h9,11-13,15,25-27,29,31H,6-8,10,14,16-23H2,1-5H3,(H,39,48)(H,40,45)(H,41,47)/t25-,26-,29-,31+,38-/m1/s1. The van der Waals surface area contributed by atoms with E-state index in [0.717, 1.165) is 24.1 Å². The lowest BCUT2D eigenvalue weighted by Crippen LogP contribution is -2.58. The minimum Gasteiger partial charge on any atom is -0.444 e. The van der Waals surface area contributed by atoms with E-state index in [2.05, 4.69) is 15.4 Å². The predicted octanol–water partition coefficient (Wildman–Crippen LogP) is 3.11. The van der Waals surface area contributed by atoms with Crippen LogP contribution in [0.1, 0.15) is 89.7 Å². The lowest BCUT2D eigenvalue weighted by atomic mass is 9.97. The van der Waals surface area contributed by atoms with Gasteiger partial charge in [-0.3, -0.25) is 19.1 Å². The molecule has 0 unspecified atom stereocenters. The van der Waals surface area contributed by atoms with Crippen LogP contribution in [0.5, 0.6) is 0 Å². The largest absolute Gasteiger partial charge is 0.444 e. The molecule has 2 aliphatic carbocycles. The second kappa shape index (κ2) is 15.4. The second-order valence-corrected chi connectivity index (χ2v) is 18.4. The molecule has 0 spiro atoms. The molecule has 0 bridgehead atoms. The van der Waals surface area contributed by atoms with E-state index in [0.29, 0.717) is 45.2 Å². The summed E-state index contributed by atoms with van der Waals surface area (Å²) >= 11 is 0. The number of fused-ring (bicyclic) bond motifs is 3. The molecule has 15 nitrogen and oxygen atoms in total. The van der Waals surface area contributed by atoms with Gasteiger partial charge in [0, 0.05) is 45.2 Å². The fourth-order valence-corrected chi connectivity index (χ4v) is 9.04. The Morgan fingerprint density at radius 3 is 2.52 bits per heavy atom. The fraction of sp³-hybridized carbons (Fsp3) is 0.658. The summed E-state index contributed by atoms with van der Waals surface area (Å²) in [4.78, 5) is 73.9. The summed E-state index contributed by atoms with van der Waals surface area (Å²) in [5.41, 5.74) is 0.916. The molecule has 3 fully saturated rings. The summed E-state index contributed by atoms with van der Waals surface area (Å²) in [6.07, 6.45) is 6.33. The number of hydrogen-bond donors (Lipinski definition) is 3. The van der Waals surface area contributed by atoms with E-state index in [4.69, 9.17) is 9.47 Å². The number of benzene rings is 1. The van der Waals surface area contributed by atoms with Gasteiger partial charge in [-0.2, -0.15) is 0 Å². The first kappa shape index (κ1) is 39.4. The minimum absolute atomic E-state index is 0.0593. The van der Waals surface area contributed by atoms with Crippen molar-refractivity contribution in [2.24, 2.45) is 5.92 Å². The number of carbonyl (C=O) groups excluding carboxylic acids is 5. The molecule has 5 amide bonds. The lowest BCUT2D eigenvalue weighted by molar-refractivity contribution is -0.141. The van der Waals surface area contributed by atoms with Gasteiger partial charge in [0.05, 0.1) is 11.8 Å². The van der Waals surface area contributed by atoms with Crippen molar-refractivity contribution in [1.82, 2.24) is 25.2 Å². The molecular formula is C38H54N6O9S. The van der Waals surface area contributed by atoms with Crippen LogP contribution in [-0.4, -0.2) is 110 Å². The molecule has 6 rings (SSSR count). The zero-order valence-corrected chi connectivity index (χ0v) is 32.7. The first-order valence-electron chi connectivity index (χ1n) is 19.1. The number of nitrogens with zero attached hydrogens (tertiary/aromatic N) is 3. The lowest BCUT2D eigenvalue weighted by Gasteiger charge is -2.31. The number of alkyl carbamates (subject to hydrolysis) is 1. The van der Waals surface area contributed by atoms with Crippen LogP contribution in [0.15, 0.2) is 30.4 Å². The zero-order chi connectivity index (χ0) is 39.0. The molecule has 16 heteroatoms. The van der Waals surface area contributed by atoms with Gasteiger partial charge in [-0.15, -0.1) is 0 Å². The number of ether oxygens (including phenoxy) is 2. The molecule has 5 aliphatic rings. The summed E-state index contributed by atoms with van der Waals surface area (Å²) in [6.45, 7) is 5.79. The molecule has 1 aromatic carbocycles. The highest BCUT2D eigenvalue weighted by molar-refractivity contribution is 7.91.